The Kier molecular flexibility index (Phi) is 6.68. The normalized spacial score (nSPS) is 10.6. The average molecular weight is 266 g/mol. The van der Waals surface area contributed by atoms with E-state index in [0.29, 0.717) is 4.99 Å². The van der Waals surface area contributed by atoms with E-state index in [1.54, 1.807) is 0 Å². The molecular weight excluding hydrogens is 244 g/mol. The Hall–Kier alpha value is -1.13. The Morgan fingerprint density at radius 2 is 2.06 bits per heavy atom. The number of nitrogens with two attached hydrogens (primary N) is 1. The van der Waals surface area contributed by atoms with Crippen molar-refractivity contribution < 1.29 is 4.74 Å². The number of rotatable bonds is 8. The largest absolute Gasteiger partial charge is 0.494 e. The first-order chi connectivity index (χ1) is 8.67. The summed E-state index contributed by atoms with van der Waals surface area (Å²) in [4.78, 5) is 2.79. The quantitative estimate of drug-likeness (QED) is 0.579. The minimum Gasteiger partial charge on any atom is -0.494 e. The SMILES string of the molecule is CCN(CC)CCCOc1cccc(C(N)=S)c1. The van der Waals surface area contributed by atoms with Crippen LogP contribution in [0.25, 0.3) is 0 Å². The van der Waals surface area contributed by atoms with Gasteiger partial charge in [0, 0.05) is 12.1 Å². The molecule has 0 unspecified atom stereocenters. The molecule has 1 aromatic rings. The molecule has 0 heterocycles. The second-order valence-electron chi connectivity index (χ2n) is 4.12. The molecule has 18 heavy (non-hydrogen) atoms. The highest BCUT2D eigenvalue weighted by Crippen LogP contribution is 2.13. The van der Waals surface area contributed by atoms with Crippen LogP contribution in [0, 0.1) is 0 Å². The number of nitrogens with zero attached hydrogens (tertiary/aromatic N) is 1. The van der Waals surface area contributed by atoms with Crippen molar-refractivity contribution in [1.82, 2.24) is 4.90 Å². The van der Waals surface area contributed by atoms with Crippen molar-refractivity contribution in [2.45, 2.75) is 20.3 Å². The summed E-state index contributed by atoms with van der Waals surface area (Å²) in [6, 6.07) is 7.62. The van der Waals surface area contributed by atoms with Crippen molar-refractivity contribution in [2.75, 3.05) is 26.2 Å². The smallest absolute Gasteiger partial charge is 0.119 e. The van der Waals surface area contributed by atoms with Gasteiger partial charge in [0.1, 0.15) is 10.7 Å². The predicted octanol–water partition coefficient (Wildman–Crippen LogP) is 2.43. The maximum Gasteiger partial charge on any atom is 0.119 e. The molecule has 1 aromatic carbocycles. The van der Waals surface area contributed by atoms with E-state index in [0.717, 1.165) is 44.0 Å². The fourth-order valence-corrected chi connectivity index (χ4v) is 1.88. The average Bonchev–Trinajstić information content (AvgIpc) is 2.39. The second-order valence-corrected chi connectivity index (χ2v) is 4.56. The lowest BCUT2D eigenvalue weighted by atomic mass is 10.2. The summed E-state index contributed by atoms with van der Waals surface area (Å²) in [5, 5.41) is 0. The van der Waals surface area contributed by atoms with Gasteiger partial charge >= 0.3 is 0 Å². The van der Waals surface area contributed by atoms with Gasteiger partial charge in [-0.3, -0.25) is 0 Å². The van der Waals surface area contributed by atoms with Gasteiger partial charge in [-0.15, -0.1) is 0 Å². The van der Waals surface area contributed by atoms with Crippen LogP contribution in [-0.2, 0) is 0 Å². The summed E-state index contributed by atoms with van der Waals surface area (Å²) in [7, 11) is 0. The van der Waals surface area contributed by atoms with E-state index in [9.17, 15) is 0 Å². The van der Waals surface area contributed by atoms with Crippen LogP contribution in [0.3, 0.4) is 0 Å². The number of hydrogen-bond acceptors (Lipinski definition) is 3. The van der Waals surface area contributed by atoms with Crippen LogP contribution < -0.4 is 10.5 Å². The second kappa shape index (κ2) is 8.06. The molecular formula is C14H22N2OS. The molecule has 0 bridgehead atoms. The summed E-state index contributed by atoms with van der Waals surface area (Å²) in [5.74, 6) is 0.833. The van der Waals surface area contributed by atoms with Crippen LogP contribution >= 0.6 is 12.2 Å². The Morgan fingerprint density at radius 1 is 1.33 bits per heavy atom. The number of thiocarbonyl (C=S) groups is 1. The van der Waals surface area contributed by atoms with Gasteiger partial charge in [0.25, 0.3) is 0 Å². The molecule has 3 nitrogen and oxygen atoms in total. The van der Waals surface area contributed by atoms with E-state index in [1.165, 1.54) is 0 Å². The van der Waals surface area contributed by atoms with Gasteiger partial charge in [0.2, 0.25) is 0 Å². The van der Waals surface area contributed by atoms with E-state index >= 15 is 0 Å². The highest BCUT2D eigenvalue weighted by molar-refractivity contribution is 7.80. The zero-order chi connectivity index (χ0) is 13.4. The van der Waals surface area contributed by atoms with Crippen molar-refractivity contribution in [2.24, 2.45) is 5.73 Å². The topological polar surface area (TPSA) is 38.5 Å². The van der Waals surface area contributed by atoms with Crippen molar-refractivity contribution in [1.29, 1.82) is 0 Å². The lowest BCUT2D eigenvalue weighted by Gasteiger charge is -2.17. The Labute approximate surface area is 115 Å². The number of ether oxygens (including phenoxy) is 1. The van der Waals surface area contributed by atoms with Crippen LogP contribution in [0.15, 0.2) is 24.3 Å². The van der Waals surface area contributed by atoms with Crippen LogP contribution in [0.1, 0.15) is 25.8 Å². The molecule has 100 valence electrons. The van der Waals surface area contributed by atoms with Crippen LogP contribution in [0.2, 0.25) is 0 Å². The highest BCUT2D eigenvalue weighted by atomic mass is 32.1. The number of benzene rings is 1. The molecule has 0 radical (unpaired) electrons. The molecule has 4 heteroatoms. The molecule has 1 rings (SSSR count). The maximum absolute atomic E-state index is 5.69. The third-order valence-corrected chi connectivity index (χ3v) is 3.14. The summed E-state index contributed by atoms with van der Waals surface area (Å²) < 4.78 is 5.69. The summed E-state index contributed by atoms with van der Waals surface area (Å²) in [6.45, 7) is 8.33. The molecule has 0 saturated heterocycles. The van der Waals surface area contributed by atoms with E-state index in [4.69, 9.17) is 22.7 Å². The molecule has 0 atom stereocenters. The Morgan fingerprint density at radius 3 is 2.67 bits per heavy atom. The first-order valence-electron chi connectivity index (χ1n) is 6.42. The van der Waals surface area contributed by atoms with Crippen molar-refractivity contribution >= 4 is 17.2 Å². The van der Waals surface area contributed by atoms with Gasteiger partial charge in [0.15, 0.2) is 0 Å². The van der Waals surface area contributed by atoms with Crippen molar-refractivity contribution in [3.8, 4) is 5.75 Å². The summed E-state index contributed by atoms with van der Waals surface area (Å²) in [5.41, 5.74) is 6.44. The van der Waals surface area contributed by atoms with Crippen LogP contribution in [0.5, 0.6) is 5.75 Å². The molecule has 0 aromatic heterocycles. The molecule has 0 aliphatic rings. The zero-order valence-electron chi connectivity index (χ0n) is 11.2. The van der Waals surface area contributed by atoms with E-state index < -0.39 is 0 Å². The molecule has 0 aliphatic heterocycles. The fraction of sp³-hybridized carbons (Fsp3) is 0.500. The van der Waals surface area contributed by atoms with E-state index in [1.807, 2.05) is 24.3 Å². The molecule has 0 amide bonds. The molecule has 2 N–H and O–H groups in total. The molecule has 0 fully saturated rings. The fourth-order valence-electron chi connectivity index (χ4n) is 1.76. The lowest BCUT2D eigenvalue weighted by Crippen LogP contribution is -2.25. The third kappa shape index (κ3) is 5.02. The third-order valence-electron chi connectivity index (χ3n) is 2.90. The molecule has 0 spiro atoms. The minimum atomic E-state index is 0.406. The van der Waals surface area contributed by atoms with E-state index in [-0.39, 0.29) is 0 Å². The summed E-state index contributed by atoms with van der Waals surface area (Å²) in [6.07, 6.45) is 1.03. The van der Waals surface area contributed by atoms with Gasteiger partial charge in [-0.2, -0.15) is 0 Å². The van der Waals surface area contributed by atoms with Gasteiger partial charge in [-0.25, -0.2) is 0 Å². The van der Waals surface area contributed by atoms with Gasteiger partial charge < -0.3 is 15.4 Å². The predicted molar refractivity (Wildman–Crippen MR) is 80.2 cm³/mol. The first-order valence-corrected chi connectivity index (χ1v) is 6.83. The monoisotopic (exact) mass is 266 g/mol. The standard InChI is InChI=1S/C14H22N2OS/c1-3-16(4-2)9-6-10-17-13-8-5-7-12(11-13)14(15)18/h5,7-8,11H,3-4,6,9-10H2,1-2H3,(H2,15,18). The summed E-state index contributed by atoms with van der Waals surface area (Å²) >= 11 is 4.94. The minimum absolute atomic E-state index is 0.406. The first kappa shape index (κ1) is 14.9. The highest BCUT2D eigenvalue weighted by Gasteiger charge is 2.01. The number of hydrogen-bond donors (Lipinski definition) is 1. The Bertz CT molecular complexity index is 378. The van der Waals surface area contributed by atoms with Crippen LogP contribution in [0.4, 0.5) is 0 Å². The van der Waals surface area contributed by atoms with Crippen LogP contribution in [-0.4, -0.2) is 36.1 Å². The van der Waals surface area contributed by atoms with E-state index in [2.05, 4.69) is 18.7 Å². The lowest BCUT2D eigenvalue weighted by molar-refractivity contribution is 0.249. The zero-order valence-corrected chi connectivity index (χ0v) is 12.0. The molecule has 0 saturated carbocycles. The van der Waals surface area contributed by atoms with Gasteiger partial charge in [-0.1, -0.05) is 38.2 Å². The maximum atomic E-state index is 5.69. The van der Waals surface area contributed by atoms with Crippen molar-refractivity contribution in [3.05, 3.63) is 29.8 Å². The van der Waals surface area contributed by atoms with Gasteiger partial charge in [-0.05, 0) is 31.6 Å². The van der Waals surface area contributed by atoms with Crippen molar-refractivity contribution in [3.63, 3.8) is 0 Å². The van der Waals surface area contributed by atoms with Gasteiger partial charge in [0.05, 0.1) is 6.61 Å². The molecule has 0 aliphatic carbocycles. The Balaban J connectivity index is 2.35.